The van der Waals surface area contributed by atoms with Crippen molar-refractivity contribution in [3.63, 3.8) is 0 Å². The fraction of sp³-hybridized carbons (Fsp3) is 0.279. The number of benzene rings is 3. The van der Waals surface area contributed by atoms with E-state index in [0.29, 0.717) is 49.7 Å². The van der Waals surface area contributed by atoms with Crippen molar-refractivity contribution >= 4 is 76.0 Å². The molecule has 0 radical (unpaired) electrons. The second-order valence-electron chi connectivity index (χ2n) is 15.0. The summed E-state index contributed by atoms with van der Waals surface area (Å²) in [7, 11) is 2.74. The van der Waals surface area contributed by atoms with Gasteiger partial charge in [-0.15, -0.1) is 0 Å². The van der Waals surface area contributed by atoms with E-state index in [4.69, 9.17) is 44.3 Å². The maximum absolute atomic E-state index is 15.4. The SMILES string of the molecule is COc1cc(C=CC2C3=CCC4C(=O)N(c5ccc(C)c(Cl)c5)C(=O)C4C3CC3C(=O)N(Nc4ncc(C(F)(F)F)cc4Cl)C(=O)C23c2ccc(Cl)cc2)cc(OC)c1O. The lowest BCUT2D eigenvalue weighted by Crippen LogP contribution is -2.54. The second-order valence-corrected chi connectivity index (χ2v) is 16.3. The lowest BCUT2D eigenvalue weighted by atomic mass is 9.50. The van der Waals surface area contributed by atoms with Gasteiger partial charge in [-0.2, -0.15) is 18.2 Å². The zero-order chi connectivity index (χ0) is 43.0. The number of nitrogens with zero attached hydrogens (tertiary/aromatic N) is 3. The monoisotopic (exact) mass is 880 g/mol. The summed E-state index contributed by atoms with van der Waals surface area (Å²) in [6.45, 7) is 1.79. The number of hydrogen-bond donors (Lipinski definition) is 2. The van der Waals surface area contributed by atoms with Crippen molar-refractivity contribution in [3.8, 4) is 17.2 Å². The number of halogens is 6. The Balaban J connectivity index is 1.30. The van der Waals surface area contributed by atoms with Gasteiger partial charge in [-0.1, -0.05) is 76.8 Å². The number of aromatic hydroxyl groups is 1. The molecule has 1 saturated carbocycles. The Labute approximate surface area is 356 Å². The number of rotatable bonds is 8. The number of nitrogens with one attached hydrogen (secondary N) is 1. The third-order valence-electron chi connectivity index (χ3n) is 12.0. The minimum absolute atomic E-state index is 0.0702. The normalized spacial score (nSPS) is 25.0. The van der Waals surface area contributed by atoms with Gasteiger partial charge in [0, 0.05) is 22.2 Å². The molecule has 4 aliphatic rings. The highest BCUT2D eigenvalue weighted by atomic mass is 35.5. The summed E-state index contributed by atoms with van der Waals surface area (Å²) in [4.78, 5) is 64.0. The van der Waals surface area contributed by atoms with Crippen molar-refractivity contribution in [1.29, 1.82) is 0 Å². The Morgan fingerprint density at radius 2 is 1.58 bits per heavy atom. The molecule has 6 atom stereocenters. The maximum atomic E-state index is 15.4. The Hall–Kier alpha value is -5.57. The van der Waals surface area contributed by atoms with Crippen molar-refractivity contribution in [2.45, 2.75) is 31.4 Å². The highest BCUT2D eigenvalue weighted by molar-refractivity contribution is 6.33. The molecule has 11 nitrogen and oxygen atoms in total. The first-order chi connectivity index (χ1) is 28.5. The maximum Gasteiger partial charge on any atom is 0.417 e. The zero-order valence-corrected chi connectivity index (χ0v) is 34.2. The van der Waals surface area contributed by atoms with E-state index in [1.807, 2.05) is 6.08 Å². The van der Waals surface area contributed by atoms with Crippen LogP contribution >= 0.6 is 34.8 Å². The molecule has 4 aromatic rings. The molecule has 3 heterocycles. The number of aromatic nitrogens is 1. The molecule has 1 aromatic heterocycles. The van der Waals surface area contributed by atoms with Gasteiger partial charge in [-0.3, -0.25) is 24.6 Å². The number of hydrogen-bond acceptors (Lipinski definition) is 9. The van der Waals surface area contributed by atoms with Gasteiger partial charge in [-0.05, 0) is 84.8 Å². The fourth-order valence-corrected chi connectivity index (χ4v) is 9.73. The highest BCUT2D eigenvalue weighted by Crippen LogP contribution is 2.62. The van der Waals surface area contributed by atoms with E-state index in [0.717, 1.165) is 10.5 Å². The van der Waals surface area contributed by atoms with E-state index < -0.39 is 75.4 Å². The number of imide groups is 2. The molecule has 60 heavy (non-hydrogen) atoms. The molecule has 6 unspecified atom stereocenters. The van der Waals surface area contributed by atoms with Crippen LogP contribution in [0, 0.1) is 36.5 Å². The van der Waals surface area contributed by atoms with Crippen molar-refractivity contribution < 1.29 is 46.9 Å². The van der Waals surface area contributed by atoms with Crippen LogP contribution < -0.4 is 19.8 Å². The van der Waals surface area contributed by atoms with Crippen LogP contribution in [0.4, 0.5) is 24.7 Å². The molecular weight excluding hydrogens is 848 g/mol. The van der Waals surface area contributed by atoms with Gasteiger partial charge in [0.2, 0.25) is 17.6 Å². The number of amides is 4. The smallest absolute Gasteiger partial charge is 0.417 e. The van der Waals surface area contributed by atoms with Crippen LogP contribution in [0.5, 0.6) is 17.2 Å². The van der Waals surface area contributed by atoms with E-state index in [1.165, 1.54) is 14.2 Å². The molecular formula is C43H34Cl3F3N4O7. The van der Waals surface area contributed by atoms with Crippen LogP contribution in [0.3, 0.4) is 0 Å². The van der Waals surface area contributed by atoms with E-state index in [2.05, 4.69) is 10.4 Å². The van der Waals surface area contributed by atoms with E-state index in [9.17, 15) is 32.7 Å². The number of carbonyl (C=O) groups excluding carboxylic acids is 4. The molecule has 0 spiro atoms. The quantitative estimate of drug-likeness (QED) is 0.131. The number of fused-ring (bicyclic) bond motifs is 4. The van der Waals surface area contributed by atoms with Crippen LogP contribution in [0.2, 0.25) is 15.1 Å². The second kappa shape index (κ2) is 15.2. The van der Waals surface area contributed by atoms with Crippen molar-refractivity contribution in [1.82, 2.24) is 9.99 Å². The number of ether oxygens (including phenoxy) is 2. The molecule has 0 bridgehead atoms. The topological polar surface area (TPSA) is 138 Å². The molecule has 3 aromatic carbocycles. The number of phenolic OH excluding ortho intramolecular Hbond substituents is 1. The molecule has 2 aliphatic heterocycles. The molecule has 8 rings (SSSR count). The number of methoxy groups -OCH3 is 2. The molecule has 2 N–H and O–H groups in total. The van der Waals surface area contributed by atoms with Gasteiger partial charge in [0.15, 0.2) is 17.3 Å². The summed E-state index contributed by atoms with van der Waals surface area (Å²) in [5, 5.41) is 11.6. The lowest BCUT2D eigenvalue weighted by molar-refractivity contribution is -0.139. The number of allylic oxidation sites excluding steroid dienone is 3. The van der Waals surface area contributed by atoms with Crippen LogP contribution in [0.15, 0.2) is 84.6 Å². The van der Waals surface area contributed by atoms with Crippen molar-refractivity contribution in [2.75, 3.05) is 24.5 Å². The van der Waals surface area contributed by atoms with Crippen molar-refractivity contribution in [2.24, 2.45) is 29.6 Å². The third kappa shape index (κ3) is 6.47. The molecule has 310 valence electrons. The summed E-state index contributed by atoms with van der Waals surface area (Å²) < 4.78 is 51.4. The van der Waals surface area contributed by atoms with Gasteiger partial charge >= 0.3 is 6.18 Å². The first-order valence-electron chi connectivity index (χ1n) is 18.6. The van der Waals surface area contributed by atoms with E-state index in [-0.39, 0.29) is 35.9 Å². The lowest BCUT2D eigenvalue weighted by Gasteiger charge is -2.49. The van der Waals surface area contributed by atoms with E-state index in [1.54, 1.807) is 73.7 Å². The minimum atomic E-state index is -4.77. The Bertz CT molecular complexity index is 2520. The molecule has 2 aliphatic carbocycles. The number of hydrazine groups is 1. The third-order valence-corrected chi connectivity index (χ3v) is 13.0. The predicted octanol–water partition coefficient (Wildman–Crippen LogP) is 8.83. The minimum Gasteiger partial charge on any atom is -0.502 e. The number of aryl methyl sites for hydroxylation is 1. The molecule has 4 amide bonds. The highest BCUT2D eigenvalue weighted by Gasteiger charge is 2.69. The van der Waals surface area contributed by atoms with Gasteiger partial charge in [0.05, 0.1) is 53.7 Å². The summed E-state index contributed by atoms with van der Waals surface area (Å²) in [6, 6.07) is 15.0. The summed E-state index contributed by atoms with van der Waals surface area (Å²) >= 11 is 19.1. The summed E-state index contributed by atoms with van der Waals surface area (Å²) in [6.07, 6.45) is 1.08. The standard InChI is InChI=1S/C43H34Cl3F3N4O7/c1-20-4-10-25(17-31(20)45)52-38(55)27-12-11-26-28(35(27)40(52)57)18-30-39(56)53(51-37-32(46)16-23(19-50-37)43(47,48)49)41(58)42(30,22-6-8-24(44)9-7-22)29(26)13-5-21-14-33(59-2)36(54)34(15-21)60-3/h4-11,13-17,19,27-30,35,54H,12,18H2,1-3H3,(H,50,51). The average Bonchev–Trinajstić information content (AvgIpc) is 3.59. The van der Waals surface area contributed by atoms with Gasteiger partial charge in [-0.25, -0.2) is 9.88 Å². The Morgan fingerprint density at radius 3 is 2.20 bits per heavy atom. The average molecular weight is 882 g/mol. The number of carbonyl (C=O) groups is 4. The Kier molecular flexibility index (Phi) is 10.4. The van der Waals surface area contributed by atoms with Crippen LogP contribution in [-0.2, 0) is 30.8 Å². The van der Waals surface area contributed by atoms with Crippen LogP contribution in [0.1, 0.15) is 35.1 Å². The van der Waals surface area contributed by atoms with Crippen LogP contribution in [0.25, 0.3) is 6.08 Å². The number of alkyl halides is 3. The largest absolute Gasteiger partial charge is 0.502 e. The van der Waals surface area contributed by atoms with Gasteiger partial charge < -0.3 is 14.6 Å². The van der Waals surface area contributed by atoms with Crippen LogP contribution in [-0.4, -0.2) is 52.9 Å². The summed E-state index contributed by atoms with van der Waals surface area (Å²) in [5.41, 5.74) is 2.26. The molecule has 3 fully saturated rings. The molecule has 17 heteroatoms. The predicted molar refractivity (Wildman–Crippen MR) is 217 cm³/mol. The molecule has 2 saturated heterocycles. The first-order valence-corrected chi connectivity index (χ1v) is 19.8. The number of anilines is 2. The van der Waals surface area contributed by atoms with E-state index >= 15 is 4.79 Å². The summed E-state index contributed by atoms with van der Waals surface area (Å²) in [5.74, 6) is -7.55. The van der Waals surface area contributed by atoms with Gasteiger partial charge in [0.1, 0.15) is 0 Å². The number of phenols is 1. The zero-order valence-electron chi connectivity index (χ0n) is 31.9. The Morgan fingerprint density at radius 1 is 0.900 bits per heavy atom. The fourth-order valence-electron chi connectivity index (χ4n) is 9.22. The number of pyridine rings is 1. The van der Waals surface area contributed by atoms with Gasteiger partial charge in [0.25, 0.3) is 11.8 Å². The first kappa shape index (κ1) is 41.2. The van der Waals surface area contributed by atoms with Crippen molar-refractivity contribution in [3.05, 3.63) is 122 Å².